The zero-order valence-electron chi connectivity index (χ0n) is 24.3. The maximum atomic E-state index is 14.6. The van der Waals surface area contributed by atoms with Crippen LogP contribution in [0.3, 0.4) is 0 Å². The van der Waals surface area contributed by atoms with E-state index >= 15 is 0 Å². The summed E-state index contributed by atoms with van der Waals surface area (Å²) in [7, 11) is 0. The first-order valence-electron chi connectivity index (χ1n) is 14.7. The van der Waals surface area contributed by atoms with Gasteiger partial charge in [-0.2, -0.15) is 9.49 Å². The van der Waals surface area contributed by atoms with Gasteiger partial charge in [0.25, 0.3) is 0 Å². The molecule has 13 heteroatoms. The number of carbonyl (C=O) groups excluding carboxylic acids is 2. The fourth-order valence-electron chi connectivity index (χ4n) is 5.89. The quantitative estimate of drug-likeness (QED) is 0.252. The summed E-state index contributed by atoms with van der Waals surface area (Å²) in [5.74, 6) is 0.717. The number of fused-ring (bicyclic) bond motifs is 1. The highest BCUT2D eigenvalue weighted by Crippen LogP contribution is 2.35. The highest BCUT2D eigenvalue weighted by atomic mass is 19.1. The Kier molecular flexibility index (Phi) is 7.51. The molecule has 45 heavy (non-hydrogen) atoms. The molecule has 228 valence electrons. The van der Waals surface area contributed by atoms with Crippen LogP contribution < -0.4 is 20.7 Å². The zero-order chi connectivity index (χ0) is 30.9. The number of rotatable bonds is 7. The lowest BCUT2D eigenvalue weighted by Gasteiger charge is -2.32. The van der Waals surface area contributed by atoms with Crippen molar-refractivity contribution in [2.45, 2.75) is 31.8 Å². The maximum Gasteiger partial charge on any atom is 0.328 e. The summed E-state index contributed by atoms with van der Waals surface area (Å²) in [5.41, 5.74) is 9.48. The standard InChI is InChI=1S/C32H30FN9O3/c33-29-25(41-15-12-26(43)38-32(41)44)16-20(17-35-29)18-40-13-10-22(11-14-40)42-31-27(30(34)36-19-37-31)28(39-42)21-6-8-24(9-7-21)45-23-4-2-1-3-5-23/h1-9,16-17,19,22H,10-15,18H2,(H2,34,36,37)(H,38,43,44). The Morgan fingerprint density at radius 2 is 1.71 bits per heavy atom. The van der Waals surface area contributed by atoms with Gasteiger partial charge in [-0.3, -0.25) is 19.9 Å². The van der Waals surface area contributed by atoms with Crippen LogP contribution in [0.25, 0.3) is 22.3 Å². The fraction of sp³-hybridized carbons (Fsp3) is 0.250. The average molecular weight is 608 g/mol. The number of aromatic nitrogens is 5. The zero-order valence-corrected chi connectivity index (χ0v) is 24.3. The number of imide groups is 1. The van der Waals surface area contributed by atoms with E-state index in [4.69, 9.17) is 15.6 Å². The molecule has 0 bridgehead atoms. The number of pyridine rings is 1. The van der Waals surface area contributed by atoms with Crippen molar-refractivity contribution in [3.8, 4) is 22.8 Å². The summed E-state index contributed by atoms with van der Waals surface area (Å²) >= 11 is 0. The van der Waals surface area contributed by atoms with Gasteiger partial charge in [-0.15, -0.1) is 0 Å². The number of hydrogen-bond donors (Lipinski definition) is 2. The number of nitrogens with one attached hydrogen (secondary N) is 1. The normalized spacial score (nSPS) is 16.2. The van der Waals surface area contributed by atoms with E-state index in [2.05, 4.69) is 25.2 Å². The number of para-hydroxylation sites is 1. The van der Waals surface area contributed by atoms with Crippen molar-refractivity contribution in [1.29, 1.82) is 0 Å². The number of nitrogen functional groups attached to an aromatic ring is 1. The van der Waals surface area contributed by atoms with Crippen molar-refractivity contribution in [2.75, 3.05) is 30.3 Å². The van der Waals surface area contributed by atoms with E-state index in [9.17, 15) is 14.0 Å². The molecule has 5 aromatic rings. The van der Waals surface area contributed by atoms with Crippen LogP contribution >= 0.6 is 0 Å². The van der Waals surface area contributed by atoms with Gasteiger partial charge in [0, 0.05) is 44.4 Å². The molecular formula is C32H30FN9O3. The Hall–Kier alpha value is -5.43. The van der Waals surface area contributed by atoms with Gasteiger partial charge in [0.2, 0.25) is 11.9 Å². The number of likely N-dealkylation sites (tertiary alicyclic amines) is 1. The summed E-state index contributed by atoms with van der Waals surface area (Å²) < 4.78 is 22.5. The first-order valence-corrected chi connectivity index (χ1v) is 14.7. The predicted molar refractivity (Wildman–Crippen MR) is 165 cm³/mol. The number of anilines is 2. The van der Waals surface area contributed by atoms with E-state index in [0.717, 1.165) is 42.8 Å². The highest BCUT2D eigenvalue weighted by Gasteiger charge is 2.29. The van der Waals surface area contributed by atoms with Gasteiger partial charge in [-0.25, -0.2) is 24.4 Å². The fourth-order valence-corrected chi connectivity index (χ4v) is 5.89. The van der Waals surface area contributed by atoms with E-state index in [1.807, 2.05) is 59.3 Å². The van der Waals surface area contributed by atoms with E-state index in [1.165, 1.54) is 17.4 Å². The molecule has 2 aliphatic heterocycles. The minimum atomic E-state index is -0.747. The molecule has 3 amide bonds. The molecule has 2 fully saturated rings. The lowest BCUT2D eigenvalue weighted by molar-refractivity contribution is -0.120. The van der Waals surface area contributed by atoms with Crippen molar-refractivity contribution in [3.63, 3.8) is 0 Å². The van der Waals surface area contributed by atoms with E-state index in [-0.39, 0.29) is 30.6 Å². The molecule has 0 saturated carbocycles. The molecule has 3 aromatic heterocycles. The van der Waals surface area contributed by atoms with Crippen LogP contribution in [0.15, 0.2) is 73.2 Å². The molecule has 7 rings (SSSR count). The number of hydrogen-bond acceptors (Lipinski definition) is 9. The molecule has 2 saturated heterocycles. The molecular weight excluding hydrogens is 577 g/mol. The largest absolute Gasteiger partial charge is 0.457 e. The molecule has 2 aliphatic rings. The van der Waals surface area contributed by atoms with E-state index in [0.29, 0.717) is 34.8 Å². The van der Waals surface area contributed by atoms with Gasteiger partial charge >= 0.3 is 6.03 Å². The molecule has 12 nitrogen and oxygen atoms in total. The number of piperidine rings is 1. The third-order valence-corrected chi connectivity index (χ3v) is 8.16. The number of nitrogens with zero attached hydrogens (tertiary/aromatic N) is 7. The Bertz CT molecular complexity index is 1870. The van der Waals surface area contributed by atoms with Crippen molar-refractivity contribution in [3.05, 3.63) is 84.7 Å². The molecule has 0 atom stereocenters. The number of amides is 3. The van der Waals surface area contributed by atoms with Crippen LogP contribution in [0.4, 0.5) is 20.7 Å². The average Bonchev–Trinajstić information content (AvgIpc) is 3.44. The molecule has 0 aliphatic carbocycles. The molecule has 0 radical (unpaired) electrons. The number of ether oxygens (including phenoxy) is 1. The van der Waals surface area contributed by atoms with Crippen molar-refractivity contribution >= 4 is 34.5 Å². The topological polar surface area (TPSA) is 144 Å². The maximum absolute atomic E-state index is 14.6. The second kappa shape index (κ2) is 11.9. The lowest BCUT2D eigenvalue weighted by atomic mass is 10.0. The van der Waals surface area contributed by atoms with Gasteiger partial charge in [0.15, 0.2) is 5.65 Å². The van der Waals surface area contributed by atoms with E-state index in [1.54, 1.807) is 6.07 Å². The SMILES string of the molecule is Nc1ncnc2c1c(-c1ccc(Oc3ccccc3)cc1)nn2C1CCN(Cc2cnc(F)c(N3CCC(=O)NC3=O)c2)CC1. The van der Waals surface area contributed by atoms with Crippen LogP contribution in [0.5, 0.6) is 11.5 Å². The first-order chi connectivity index (χ1) is 21.9. The summed E-state index contributed by atoms with van der Waals surface area (Å²) in [6, 6.07) is 18.4. The molecule has 0 spiro atoms. The van der Waals surface area contributed by atoms with Gasteiger partial charge in [-0.1, -0.05) is 18.2 Å². The number of urea groups is 1. The number of nitrogens with two attached hydrogens (primary N) is 1. The number of carbonyl (C=O) groups is 2. The summed E-state index contributed by atoms with van der Waals surface area (Å²) in [6.45, 7) is 2.17. The summed E-state index contributed by atoms with van der Waals surface area (Å²) in [4.78, 5) is 40.0. The molecule has 0 unspecified atom stereocenters. The minimum absolute atomic E-state index is 0.0693. The van der Waals surface area contributed by atoms with Crippen molar-refractivity contribution in [2.24, 2.45) is 0 Å². The molecule has 2 aromatic carbocycles. The van der Waals surface area contributed by atoms with Crippen LogP contribution in [0, 0.1) is 5.95 Å². The van der Waals surface area contributed by atoms with Crippen LogP contribution in [0.1, 0.15) is 30.9 Å². The Morgan fingerprint density at radius 3 is 2.47 bits per heavy atom. The Labute approximate surface area is 257 Å². The lowest BCUT2D eigenvalue weighted by Crippen LogP contribution is -2.50. The highest BCUT2D eigenvalue weighted by molar-refractivity contribution is 6.05. The number of benzene rings is 2. The van der Waals surface area contributed by atoms with Crippen molar-refractivity contribution < 1.29 is 18.7 Å². The third kappa shape index (κ3) is 5.77. The van der Waals surface area contributed by atoms with Gasteiger partial charge in [0.1, 0.15) is 35.0 Å². The Balaban J connectivity index is 1.07. The number of halogens is 1. The third-order valence-electron chi connectivity index (χ3n) is 8.16. The van der Waals surface area contributed by atoms with Gasteiger partial charge in [0.05, 0.1) is 11.4 Å². The predicted octanol–water partition coefficient (Wildman–Crippen LogP) is 4.69. The second-order valence-corrected chi connectivity index (χ2v) is 11.1. The molecule has 3 N–H and O–H groups in total. The van der Waals surface area contributed by atoms with Crippen molar-refractivity contribution in [1.82, 2.24) is 34.9 Å². The smallest absolute Gasteiger partial charge is 0.328 e. The first kappa shape index (κ1) is 28.3. The molecule has 5 heterocycles. The van der Waals surface area contributed by atoms with E-state index < -0.39 is 12.0 Å². The van der Waals surface area contributed by atoms with Crippen LogP contribution in [-0.4, -0.2) is 61.2 Å². The summed E-state index contributed by atoms with van der Waals surface area (Å²) in [5, 5.41) is 7.95. The van der Waals surface area contributed by atoms with Gasteiger partial charge in [-0.05, 0) is 60.9 Å². The second-order valence-electron chi connectivity index (χ2n) is 11.1. The Morgan fingerprint density at radius 1 is 0.956 bits per heavy atom. The summed E-state index contributed by atoms with van der Waals surface area (Å²) in [6.07, 6.45) is 4.67. The van der Waals surface area contributed by atoms with Gasteiger partial charge < -0.3 is 10.5 Å². The van der Waals surface area contributed by atoms with Crippen LogP contribution in [-0.2, 0) is 11.3 Å². The van der Waals surface area contributed by atoms with Crippen LogP contribution in [0.2, 0.25) is 0 Å². The minimum Gasteiger partial charge on any atom is -0.457 e. The monoisotopic (exact) mass is 607 g/mol.